The van der Waals surface area contributed by atoms with E-state index in [1.54, 1.807) is 0 Å². The van der Waals surface area contributed by atoms with Crippen molar-refractivity contribution < 1.29 is 0 Å². The summed E-state index contributed by atoms with van der Waals surface area (Å²) in [6.07, 6.45) is 3.79. The van der Waals surface area contributed by atoms with Crippen molar-refractivity contribution in [2.24, 2.45) is 0 Å². The highest BCUT2D eigenvalue weighted by Gasteiger charge is 2.05. The van der Waals surface area contributed by atoms with Gasteiger partial charge in [0.15, 0.2) is 0 Å². The smallest absolute Gasteiger partial charge is 0.100 e. The van der Waals surface area contributed by atoms with Crippen LogP contribution in [0.25, 0.3) is 43.9 Å². The monoisotopic (exact) mass is 308 g/mol. The van der Waals surface area contributed by atoms with Crippen LogP contribution in [0.2, 0.25) is 0 Å². The Labute approximate surface area is 136 Å². The lowest BCUT2D eigenvalue weighted by Crippen LogP contribution is -1.85. The summed E-state index contributed by atoms with van der Waals surface area (Å²) in [4.78, 5) is 9.20. The highest BCUT2D eigenvalue weighted by Crippen LogP contribution is 2.24. The Morgan fingerprint density at radius 2 is 1.12 bits per heavy atom. The summed E-state index contributed by atoms with van der Waals surface area (Å²) in [5, 5.41) is 2.32. The average Bonchev–Trinajstić information content (AvgIpc) is 3.24. The predicted molar refractivity (Wildman–Crippen MR) is 96.5 cm³/mol. The van der Waals surface area contributed by atoms with Gasteiger partial charge in [0.25, 0.3) is 0 Å². The molecule has 0 unspecified atom stereocenters. The molecule has 5 heterocycles. The first-order valence-corrected chi connectivity index (χ1v) is 7.92. The Bertz CT molecular complexity index is 1300. The van der Waals surface area contributed by atoms with Gasteiger partial charge < -0.3 is 0 Å². The standard InChI is InChI=1S/C20H12N4/c1-2-15-10-16(3-1)24-12-22-18-9-14(5-7-20(18)24)13-4-6-19-17(8-13)21-11-23(15)19/h1-12H. The summed E-state index contributed by atoms with van der Waals surface area (Å²) in [5.74, 6) is 0. The number of fused-ring (bicyclic) bond motifs is 1. The SMILES string of the molecule is c1cc2cc(c1)n1cnc3cc(ccc31)c1ccc3c(c1)ncn23. The average molecular weight is 308 g/mol. The van der Waals surface area contributed by atoms with Crippen LogP contribution in [-0.4, -0.2) is 18.8 Å². The van der Waals surface area contributed by atoms with Crippen LogP contribution in [0.3, 0.4) is 0 Å². The fourth-order valence-corrected chi connectivity index (χ4v) is 3.59. The van der Waals surface area contributed by atoms with E-state index in [1.807, 2.05) is 12.7 Å². The Hall–Kier alpha value is -3.40. The highest BCUT2D eigenvalue weighted by atomic mass is 15.0. The van der Waals surface area contributed by atoms with Crippen LogP contribution in [0.15, 0.2) is 73.3 Å². The van der Waals surface area contributed by atoms with Gasteiger partial charge in [-0.2, -0.15) is 0 Å². The van der Waals surface area contributed by atoms with E-state index in [2.05, 4.69) is 79.4 Å². The van der Waals surface area contributed by atoms with E-state index in [4.69, 9.17) is 0 Å². The van der Waals surface area contributed by atoms with Gasteiger partial charge in [-0.05, 0) is 53.2 Å². The van der Waals surface area contributed by atoms with Gasteiger partial charge in [-0.25, -0.2) is 9.97 Å². The van der Waals surface area contributed by atoms with E-state index in [1.165, 1.54) is 0 Å². The van der Waals surface area contributed by atoms with Gasteiger partial charge in [-0.1, -0.05) is 18.2 Å². The fourth-order valence-electron chi connectivity index (χ4n) is 3.59. The molecular formula is C20H12N4. The number of hydrogen-bond acceptors (Lipinski definition) is 2. The zero-order chi connectivity index (χ0) is 15.7. The van der Waals surface area contributed by atoms with Crippen LogP contribution >= 0.6 is 0 Å². The number of rotatable bonds is 0. The molecule has 0 radical (unpaired) electrons. The van der Waals surface area contributed by atoms with Gasteiger partial charge in [0.05, 0.1) is 22.1 Å². The molecule has 0 aliphatic carbocycles. The molecule has 112 valence electrons. The summed E-state index contributed by atoms with van der Waals surface area (Å²) in [6.45, 7) is 0. The third-order valence-electron chi connectivity index (χ3n) is 4.81. The lowest BCUT2D eigenvalue weighted by Gasteiger charge is -1.98. The number of nitrogens with zero attached hydrogens (tertiary/aromatic N) is 4. The van der Waals surface area contributed by atoms with E-state index >= 15 is 0 Å². The third kappa shape index (κ3) is 1.47. The topological polar surface area (TPSA) is 34.6 Å². The first-order valence-electron chi connectivity index (χ1n) is 7.92. The molecule has 0 aliphatic rings. The molecule has 4 nitrogen and oxygen atoms in total. The molecule has 0 fully saturated rings. The molecular weight excluding hydrogens is 296 g/mol. The van der Waals surface area contributed by atoms with Gasteiger partial charge >= 0.3 is 0 Å². The zero-order valence-electron chi connectivity index (χ0n) is 12.7. The maximum Gasteiger partial charge on any atom is 0.100 e. The number of aromatic nitrogens is 4. The van der Waals surface area contributed by atoms with Crippen molar-refractivity contribution in [3.8, 4) is 0 Å². The first-order chi connectivity index (χ1) is 11.9. The summed E-state index contributed by atoms with van der Waals surface area (Å²) >= 11 is 0. The molecule has 0 spiro atoms. The highest BCUT2D eigenvalue weighted by molar-refractivity contribution is 5.95. The predicted octanol–water partition coefficient (Wildman–Crippen LogP) is 4.44. The van der Waals surface area contributed by atoms with Crippen molar-refractivity contribution in [2.45, 2.75) is 0 Å². The van der Waals surface area contributed by atoms with Crippen LogP contribution in [-0.2, 0) is 0 Å². The van der Waals surface area contributed by atoms with Crippen LogP contribution in [0.4, 0.5) is 0 Å². The van der Waals surface area contributed by atoms with E-state index in [0.717, 1.165) is 43.9 Å². The number of hydrogen-bond donors (Lipinski definition) is 0. The molecule has 8 aromatic rings. The van der Waals surface area contributed by atoms with Crippen molar-refractivity contribution in [2.75, 3.05) is 0 Å². The molecule has 8 rings (SSSR count). The maximum atomic E-state index is 4.60. The number of imidazole rings is 2. The normalized spacial score (nSPS) is 12.2. The molecule has 4 heteroatoms. The largest absolute Gasteiger partial charge is 0.299 e. The van der Waals surface area contributed by atoms with Gasteiger partial charge in [0, 0.05) is 11.0 Å². The van der Waals surface area contributed by atoms with Crippen molar-refractivity contribution in [1.29, 1.82) is 0 Å². The van der Waals surface area contributed by atoms with E-state index in [0.29, 0.717) is 0 Å². The molecule has 10 bridgehead atoms. The third-order valence-corrected chi connectivity index (χ3v) is 4.81. The molecule has 3 aromatic carbocycles. The summed E-state index contributed by atoms with van der Waals surface area (Å²) in [6, 6.07) is 21.3. The van der Waals surface area contributed by atoms with Gasteiger partial charge in [0.1, 0.15) is 12.7 Å². The van der Waals surface area contributed by atoms with Crippen LogP contribution in [0.5, 0.6) is 0 Å². The second kappa shape index (κ2) is 4.11. The van der Waals surface area contributed by atoms with Crippen molar-refractivity contribution >= 4 is 43.9 Å². The quantitative estimate of drug-likeness (QED) is 0.416. The molecule has 24 heavy (non-hydrogen) atoms. The van der Waals surface area contributed by atoms with Crippen LogP contribution in [0, 0.1) is 0 Å². The summed E-state index contributed by atoms with van der Waals surface area (Å²) in [7, 11) is 0. The Morgan fingerprint density at radius 1 is 0.583 bits per heavy atom. The second-order valence-corrected chi connectivity index (χ2v) is 6.16. The molecule has 0 saturated carbocycles. The maximum absolute atomic E-state index is 4.60. The Kier molecular flexibility index (Phi) is 2.07. The molecule has 5 aromatic heterocycles. The first kappa shape index (κ1) is 12.1. The lowest BCUT2D eigenvalue weighted by atomic mass is 10.1. The van der Waals surface area contributed by atoms with E-state index in [9.17, 15) is 0 Å². The van der Waals surface area contributed by atoms with Gasteiger partial charge in [-0.3, -0.25) is 8.80 Å². The Morgan fingerprint density at radius 3 is 1.67 bits per heavy atom. The van der Waals surface area contributed by atoms with Gasteiger partial charge in [0.2, 0.25) is 0 Å². The molecule has 0 amide bonds. The van der Waals surface area contributed by atoms with Crippen LogP contribution in [0.1, 0.15) is 0 Å². The van der Waals surface area contributed by atoms with Crippen LogP contribution < -0.4 is 0 Å². The summed E-state index contributed by atoms with van der Waals surface area (Å²) < 4.78 is 4.26. The number of benzene rings is 3. The minimum atomic E-state index is 1.00. The molecule has 0 N–H and O–H groups in total. The second-order valence-electron chi connectivity index (χ2n) is 6.16. The molecule has 0 saturated heterocycles. The minimum absolute atomic E-state index is 1.00. The molecule has 0 atom stereocenters. The van der Waals surface area contributed by atoms with E-state index in [-0.39, 0.29) is 0 Å². The molecule has 0 aliphatic heterocycles. The van der Waals surface area contributed by atoms with Crippen molar-refractivity contribution in [3.05, 3.63) is 73.3 Å². The minimum Gasteiger partial charge on any atom is -0.299 e. The Balaban J connectivity index is 2.05. The van der Waals surface area contributed by atoms with Crippen molar-refractivity contribution in [3.63, 3.8) is 0 Å². The van der Waals surface area contributed by atoms with Crippen molar-refractivity contribution in [1.82, 2.24) is 18.8 Å². The van der Waals surface area contributed by atoms with E-state index < -0.39 is 0 Å². The lowest BCUT2D eigenvalue weighted by molar-refractivity contribution is 1.19. The summed E-state index contributed by atoms with van der Waals surface area (Å²) in [5.41, 5.74) is 6.42. The zero-order valence-corrected chi connectivity index (χ0v) is 12.7. The van der Waals surface area contributed by atoms with Gasteiger partial charge in [-0.15, -0.1) is 0 Å². The fraction of sp³-hybridized carbons (Fsp3) is 0.